The van der Waals surface area contributed by atoms with E-state index in [0.717, 1.165) is 19.3 Å². The molecule has 0 unspecified atom stereocenters. The van der Waals surface area contributed by atoms with E-state index in [9.17, 15) is 9.59 Å². The summed E-state index contributed by atoms with van der Waals surface area (Å²) in [5.74, 6) is 1.82. The molecular formula is C17H29N3O2. The van der Waals surface area contributed by atoms with E-state index in [-0.39, 0.29) is 11.9 Å². The molecule has 0 radical (unpaired) electrons. The number of urea groups is 1. The summed E-state index contributed by atoms with van der Waals surface area (Å²) in [5.41, 5.74) is 0. The van der Waals surface area contributed by atoms with Gasteiger partial charge in [-0.05, 0) is 31.1 Å². The van der Waals surface area contributed by atoms with E-state index in [2.05, 4.69) is 19.2 Å². The summed E-state index contributed by atoms with van der Waals surface area (Å²) in [6.07, 6.45) is 5.68. The topological polar surface area (TPSA) is 52.7 Å². The Morgan fingerprint density at radius 1 is 0.909 bits per heavy atom. The second-order valence-corrected chi connectivity index (χ2v) is 7.41. The van der Waals surface area contributed by atoms with E-state index in [4.69, 9.17) is 0 Å². The van der Waals surface area contributed by atoms with Crippen molar-refractivity contribution in [2.45, 2.75) is 52.0 Å². The first kappa shape index (κ1) is 15.6. The summed E-state index contributed by atoms with van der Waals surface area (Å²) in [7, 11) is 0. The molecule has 1 heterocycles. The fourth-order valence-electron chi connectivity index (χ4n) is 3.75. The monoisotopic (exact) mass is 307 g/mol. The van der Waals surface area contributed by atoms with Crippen molar-refractivity contribution in [1.82, 2.24) is 15.1 Å². The van der Waals surface area contributed by atoms with Gasteiger partial charge in [-0.2, -0.15) is 0 Å². The summed E-state index contributed by atoms with van der Waals surface area (Å²) in [6, 6.07) is 0.367. The average Bonchev–Trinajstić information content (AvgIpc) is 3.36. The molecule has 0 aromatic rings. The van der Waals surface area contributed by atoms with E-state index < -0.39 is 0 Å². The Morgan fingerprint density at radius 2 is 1.55 bits per heavy atom. The van der Waals surface area contributed by atoms with Gasteiger partial charge in [-0.3, -0.25) is 4.79 Å². The standard InChI is InChI=1S/C17H29N3O2/c1-12-4-3-5-15(13(12)2)18-17(22)20-10-8-19(9-11-20)16(21)14-6-7-14/h12-15H,3-11H2,1-2H3,(H,18,22)/t12-,13-,15-/m1/s1. The zero-order valence-corrected chi connectivity index (χ0v) is 13.9. The Kier molecular flexibility index (Phi) is 4.59. The number of hydrogen-bond acceptors (Lipinski definition) is 2. The van der Waals surface area contributed by atoms with Crippen LogP contribution in [0.15, 0.2) is 0 Å². The molecule has 1 saturated heterocycles. The maximum Gasteiger partial charge on any atom is 0.317 e. The maximum absolute atomic E-state index is 12.5. The summed E-state index contributed by atoms with van der Waals surface area (Å²) in [5, 5.41) is 3.23. The Hall–Kier alpha value is -1.26. The van der Waals surface area contributed by atoms with E-state index >= 15 is 0 Å². The molecule has 1 N–H and O–H groups in total. The Balaban J connectivity index is 1.46. The second kappa shape index (κ2) is 6.47. The van der Waals surface area contributed by atoms with Crippen LogP contribution in [0.4, 0.5) is 4.79 Å². The lowest BCUT2D eigenvalue weighted by atomic mass is 9.78. The van der Waals surface area contributed by atoms with Crippen molar-refractivity contribution in [1.29, 1.82) is 0 Å². The molecule has 0 bridgehead atoms. The molecule has 22 heavy (non-hydrogen) atoms. The van der Waals surface area contributed by atoms with Gasteiger partial charge in [0.2, 0.25) is 5.91 Å². The molecule has 3 atom stereocenters. The highest BCUT2D eigenvalue weighted by atomic mass is 16.2. The number of piperazine rings is 1. The van der Waals surface area contributed by atoms with Crippen LogP contribution in [0.3, 0.4) is 0 Å². The smallest absolute Gasteiger partial charge is 0.317 e. The van der Waals surface area contributed by atoms with Gasteiger partial charge in [0.25, 0.3) is 0 Å². The minimum absolute atomic E-state index is 0.0597. The number of hydrogen-bond donors (Lipinski definition) is 1. The minimum Gasteiger partial charge on any atom is -0.339 e. The van der Waals surface area contributed by atoms with Crippen LogP contribution in [-0.2, 0) is 4.79 Å². The highest BCUT2D eigenvalue weighted by molar-refractivity contribution is 5.81. The molecule has 3 amide bonds. The van der Waals surface area contributed by atoms with Gasteiger partial charge < -0.3 is 15.1 Å². The molecule has 3 rings (SSSR count). The van der Waals surface area contributed by atoms with Crippen molar-refractivity contribution in [3.8, 4) is 0 Å². The fourth-order valence-corrected chi connectivity index (χ4v) is 3.75. The van der Waals surface area contributed by atoms with Crippen molar-refractivity contribution in [2.24, 2.45) is 17.8 Å². The maximum atomic E-state index is 12.5. The van der Waals surface area contributed by atoms with Crippen LogP contribution in [0.5, 0.6) is 0 Å². The number of carbonyl (C=O) groups excluding carboxylic acids is 2. The zero-order valence-electron chi connectivity index (χ0n) is 13.9. The van der Waals surface area contributed by atoms with Gasteiger partial charge in [-0.1, -0.05) is 26.7 Å². The van der Waals surface area contributed by atoms with E-state index in [1.54, 1.807) is 0 Å². The molecule has 5 heteroatoms. The van der Waals surface area contributed by atoms with Crippen molar-refractivity contribution < 1.29 is 9.59 Å². The molecular weight excluding hydrogens is 278 g/mol. The third-order valence-electron chi connectivity index (χ3n) is 5.82. The third-order valence-corrected chi connectivity index (χ3v) is 5.82. The number of carbonyl (C=O) groups is 2. The second-order valence-electron chi connectivity index (χ2n) is 7.41. The molecule has 0 aromatic carbocycles. The summed E-state index contributed by atoms with van der Waals surface area (Å²) < 4.78 is 0. The van der Waals surface area contributed by atoms with E-state index in [0.29, 0.717) is 50.0 Å². The first-order valence-corrected chi connectivity index (χ1v) is 8.90. The van der Waals surface area contributed by atoms with Gasteiger partial charge in [0.05, 0.1) is 0 Å². The predicted octanol–water partition coefficient (Wildman–Crippen LogP) is 2.07. The van der Waals surface area contributed by atoms with E-state index in [1.807, 2.05) is 9.80 Å². The minimum atomic E-state index is 0.0597. The highest BCUT2D eigenvalue weighted by Crippen LogP contribution is 2.31. The number of nitrogens with one attached hydrogen (secondary N) is 1. The molecule has 0 spiro atoms. The highest BCUT2D eigenvalue weighted by Gasteiger charge is 2.35. The third kappa shape index (κ3) is 3.39. The number of nitrogens with zero attached hydrogens (tertiary/aromatic N) is 2. The van der Waals surface area contributed by atoms with Gasteiger partial charge in [0.1, 0.15) is 0 Å². The van der Waals surface area contributed by atoms with Crippen LogP contribution in [0, 0.1) is 17.8 Å². The van der Waals surface area contributed by atoms with Crippen molar-refractivity contribution in [2.75, 3.05) is 26.2 Å². The van der Waals surface area contributed by atoms with Crippen LogP contribution in [0.25, 0.3) is 0 Å². The molecule has 1 aliphatic heterocycles. The van der Waals surface area contributed by atoms with Gasteiger partial charge in [0.15, 0.2) is 0 Å². The largest absolute Gasteiger partial charge is 0.339 e. The van der Waals surface area contributed by atoms with Crippen LogP contribution < -0.4 is 5.32 Å². The summed E-state index contributed by atoms with van der Waals surface area (Å²) in [6.45, 7) is 7.26. The first-order chi connectivity index (χ1) is 10.6. The lowest BCUT2D eigenvalue weighted by molar-refractivity contribution is -0.133. The lowest BCUT2D eigenvalue weighted by Gasteiger charge is -2.38. The van der Waals surface area contributed by atoms with Gasteiger partial charge in [-0.25, -0.2) is 4.79 Å². The summed E-state index contributed by atoms with van der Waals surface area (Å²) >= 11 is 0. The lowest BCUT2D eigenvalue weighted by Crippen LogP contribution is -2.56. The molecule has 3 fully saturated rings. The van der Waals surface area contributed by atoms with Crippen LogP contribution in [0.2, 0.25) is 0 Å². The van der Waals surface area contributed by atoms with Gasteiger partial charge in [0, 0.05) is 38.1 Å². The van der Waals surface area contributed by atoms with Gasteiger partial charge >= 0.3 is 6.03 Å². The predicted molar refractivity (Wildman–Crippen MR) is 85.4 cm³/mol. The van der Waals surface area contributed by atoms with Gasteiger partial charge in [-0.15, -0.1) is 0 Å². The molecule has 2 aliphatic carbocycles. The van der Waals surface area contributed by atoms with E-state index in [1.165, 1.54) is 12.8 Å². The van der Waals surface area contributed by atoms with Crippen molar-refractivity contribution >= 4 is 11.9 Å². The Labute approximate surface area is 133 Å². The molecule has 5 nitrogen and oxygen atoms in total. The zero-order chi connectivity index (χ0) is 15.7. The fraction of sp³-hybridized carbons (Fsp3) is 0.882. The van der Waals surface area contributed by atoms with Crippen molar-refractivity contribution in [3.05, 3.63) is 0 Å². The van der Waals surface area contributed by atoms with Crippen molar-refractivity contribution in [3.63, 3.8) is 0 Å². The summed E-state index contributed by atoms with van der Waals surface area (Å²) in [4.78, 5) is 28.3. The quantitative estimate of drug-likeness (QED) is 0.849. The number of amides is 3. The normalized spacial score (nSPS) is 32.7. The average molecular weight is 307 g/mol. The first-order valence-electron chi connectivity index (χ1n) is 8.90. The molecule has 0 aromatic heterocycles. The van der Waals surface area contributed by atoms with Crippen LogP contribution in [-0.4, -0.2) is 54.0 Å². The van der Waals surface area contributed by atoms with Crippen LogP contribution >= 0.6 is 0 Å². The Bertz CT molecular complexity index is 428. The molecule has 3 aliphatic rings. The Morgan fingerprint density at radius 3 is 2.18 bits per heavy atom. The SMILES string of the molecule is C[C@@H]1[C@H](C)CCC[C@H]1NC(=O)N1CCN(C(=O)C2CC2)CC1. The van der Waals surface area contributed by atoms with Crippen LogP contribution in [0.1, 0.15) is 46.0 Å². The molecule has 124 valence electrons. The molecule has 2 saturated carbocycles. The number of rotatable bonds is 2.